The van der Waals surface area contributed by atoms with Gasteiger partial charge in [0.05, 0.1) is 11.3 Å². The van der Waals surface area contributed by atoms with E-state index in [4.69, 9.17) is 5.73 Å². The van der Waals surface area contributed by atoms with Crippen molar-refractivity contribution in [1.82, 2.24) is 0 Å². The first-order valence-corrected chi connectivity index (χ1v) is 6.35. The molecule has 2 aromatic rings. The number of nitro benzene ring substituents is 1. The van der Waals surface area contributed by atoms with Crippen molar-refractivity contribution in [1.29, 1.82) is 0 Å². The third kappa shape index (κ3) is 3.79. The maximum absolute atomic E-state index is 11.9. The molecular weight excluding hydrogens is 270 g/mol. The normalized spacial score (nSPS) is 10.1. The summed E-state index contributed by atoms with van der Waals surface area (Å²) in [6.45, 7) is 1.65. The molecule has 3 N–H and O–H groups in total. The van der Waals surface area contributed by atoms with Crippen molar-refractivity contribution >= 4 is 23.0 Å². The van der Waals surface area contributed by atoms with E-state index in [9.17, 15) is 14.9 Å². The lowest BCUT2D eigenvalue weighted by Crippen LogP contribution is -2.14. The van der Waals surface area contributed by atoms with E-state index in [1.165, 1.54) is 6.07 Å². The zero-order valence-electron chi connectivity index (χ0n) is 11.5. The number of hydrogen-bond acceptors (Lipinski definition) is 4. The second-order valence-corrected chi connectivity index (χ2v) is 4.73. The number of anilines is 2. The molecule has 1 amide bonds. The summed E-state index contributed by atoms with van der Waals surface area (Å²) >= 11 is 0. The summed E-state index contributed by atoms with van der Waals surface area (Å²) in [7, 11) is 0. The van der Waals surface area contributed by atoms with Crippen molar-refractivity contribution in [2.75, 3.05) is 11.1 Å². The molecule has 0 aromatic heterocycles. The fourth-order valence-electron chi connectivity index (χ4n) is 1.98. The number of nitrogens with two attached hydrogens (primary N) is 1. The summed E-state index contributed by atoms with van der Waals surface area (Å²) in [5.41, 5.74) is 7.96. The molecule has 0 saturated carbocycles. The highest BCUT2D eigenvalue weighted by atomic mass is 16.6. The number of rotatable bonds is 4. The number of hydrogen-bond donors (Lipinski definition) is 2. The fourth-order valence-corrected chi connectivity index (χ4v) is 1.98. The predicted molar refractivity (Wildman–Crippen MR) is 81.0 cm³/mol. The molecule has 0 atom stereocenters. The molecule has 2 rings (SSSR count). The van der Waals surface area contributed by atoms with Gasteiger partial charge in [-0.3, -0.25) is 14.9 Å². The van der Waals surface area contributed by atoms with E-state index >= 15 is 0 Å². The second-order valence-electron chi connectivity index (χ2n) is 4.73. The smallest absolute Gasteiger partial charge is 0.274 e. The van der Waals surface area contributed by atoms with Gasteiger partial charge in [0, 0.05) is 23.0 Å². The maximum Gasteiger partial charge on any atom is 0.274 e. The number of aryl methyl sites for hydroxylation is 1. The molecule has 0 radical (unpaired) electrons. The molecule has 21 heavy (non-hydrogen) atoms. The lowest BCUT2D eigenvalue weighted by atomic mass is 10.1. The topological polar surface area (TPSA) is 98.3 Å². The lowest BCUT2D eigenvalue weighted by Gasteiger charge is -2.07. The Morgan fingerprint density at radius 3 is 2.71 bits per heavy atom. The average Bonchev–Trinajstić information content (AvgIpc) is 2.40. The molecule has 0 bridgehead atoms. The molecule has 0 fully saturated rings. The van der Waals surface area contributed by atoms with E-state index in [1.54, 1.807) is 43.3 Å². The standard InChI is InChI=1S/C15H15N3O3/c1-10-5-6-13(9-14(10)18(20)21)17-15(19)8-11-3-2-4-12(16)7-11/h2-7,9H,8,16H2,1H3,(H,17,19). The van der Waals surface area contributed by atoms with Gasteiger partial charge in [0.25, 0.3) is 5.69 Å². The molecule has 0 unspecified atom stereocenters. The van der Waals surface area contributed by atoms with E-state index in [0.717, 1.165) is 5.56 Å². The molecule has 0 heterocycles. The van der Waals surface area contributed by atoms with Crippen molar-refractivity contribution in [3.8, 4) is 0 Å². The monoisotopic (exact) mass is 285 g/mol. The van der Waals surface area contributed by atoms with Crippen molar-refractivity contribution in [2.45, 2.75) is 13.3 Å². The average molecular weight is 285 g/mol. The van der Waals surface area contributed by atoms with Crippen LogP contribution >= 0.6 is 0 Å². The van der Waals surface area contributed by atoms with Crippen LogP contribution in [0.15, 0.2) is 42.5 Å². The summed E-state index contributed by atoms with van der Waals surface area (Å²) in [6, 6.07) is 11.6. The van der Waals surface area contributed by atoms with Crippen LogP contribution in [0.4, 0.5) is 17.1 Å². The van der Waals surface area contributed by atoms with Gasteiger partial charge in [-0.05, 0) is 30.7 Å². The number of nitrogens with one attached hydrogen (secondary N) is 1. The van der Waals surface area contributed by atoms with Crippen molar-refractivity contribution in [3.63, 3.8) is 0 Å². The minimum Gasteiger partial charge on any atom is -0.399 e. The zero-order valence-corrected chi connectivity index (χ0v) is 11.5. The first-order chi connectivity index (χ1) is 9.95. The number of amides is 1. The maximum atomic E-state index is 11.9. The van der Waals surface area contributed by atoms with Gasteiger partial charge in [-0.15, -0.1) is 0 Å². The van der Waals surface area contributed by atoms with Gasteiger partial charge in [-0.2, -0.15) is 0 Å². The molecule has 2 aromatic carbocycles. The van der Waals surface area contributed by atoms with Gasteiger partial charge in [-0.1, -0.05) is 18.2 Å². The van der Waals surface area contributed by atoms with Crippen LogP contribution in [0.25, 0.3) is 0 Å². The molecule has 0 aliphatic rings. The third-order valence-electron chi connectivity index (χ3n) is 3.01. The second kappa shape index (κ2) is 6.04. The Labute approximate surface area is 121 Å². The number of carbonyl (C=O) groups excluding carboxylic acids is 1. The summed E-state index contributed by atoms with van der Waals surface area (Å²) < 4.78 is 0. The predicted octanol–water partition coefficient (Wildman–Crippen LogP) is 2.67. The molecule has 0 aliphatic heterocycles. The number of nitrogen functional groups attached to an aromatic ring is 1. The lowest BCUT2D eigenvalue weighted by molar-refractivity contribution is -0.385. The molecule has 0 spiro atoms. The molecule has 6 heteroatoms. The Morgan fingerprint density at radius 2 is 2.05 bits per heavy atom. The Morgan fingerprint density at radius 1 is 1.29 bits per heavy atom. The summed E-state index contributed by atoms with van der Waals surface area (Å²) in [5.74, 6) is -0.251. The minimum absolute atomic E-state index is 0.0169. The number of carbonyl (C=O) groups is 1. The molecule has 108 valence electrons. The van der Waals surface area contributed by atoms with Gasteiger partial charge in [0.1, 0.15) is 0 Å². The molecule has 0 aliphatic carbocycles. The largest absolute Gasteiger partial charge is 0.399 e. The quantitative estimate of drug-likeness (QED) is 0.512. The highest BCUT2D eigenvalue weighted by Gasteiger charge is 2.12. The van der Waals surface area contributed by atoms with Gasteiger partial charge in [0.2, 0.25) is 5.91 Å². The van der Waals surface area contributed by atoms with Crippen LogP contribution < -0.4 is 11.1 Å². The van der Waals surface area contributed by atoms with Crippen LogP contribution in [0.5, 0.6) is 0 Å². The SMILES string of the molecule is Cc1ccc(NC(=O)Cc2cccc(N)c2)cc1[N+](=O)[O-]. The van der Waals surface area contributed by atoms with Gasteiger partial charge in [0.15, 0.2) is 0 Å². The van der Waals surface area contributed by atoms with Crippen LogP contribution in [0.1, 0.15) is 11.1 Å². The van der Waals surface area contributed by atoms with E-state index in [-0.39, 0.29) is 18.0 Å². The van der Waals surface area contributed by atoms with Crippen LogP contribution in [0.2, 0.25) is 0 Å². The summed E-state index contributed by atoms with van der Waals surface area (Å²) in [4.78, 5) is 22.3. The molecule has 0 saturated heterocycles. The third-order valence-corrected chi connectivity index (χ3v) is 3.01. The van der Waals surface area contributed by atoms with Crippen LogP contribution in [0, 0.1) is 17.0 Å². The highest BCUT2D eigenvalue weighted by Crippen LogP contribution is 2.22. The van der Waals surface area contributed by atoms with Crippen molar-refractivity contribution in [3.05, 3.63) is 63.7 Å². The van der Waals surface area contributed by atoms with Crippen LogP contribution in [-0.2, 0) is 11.2 Å². The molecular formula is C15H15N3O3. The number of nitrogens with zero attached hydrogens (tertiary/aromatic N) is 1. The van der Waals surface area contributed by atoms with Crippen LogP contribution in [-0.4, -0.2) is 10.8 Å². The minimum atomic E-state index is -0.469. The summed E-state index contributed by atoms with van der Waals surface area (Å²) in [5, 5.41) is 13.5. The Hall–Kier alpha value is -2.89. The fraction of sp³-hybridized carbons (Fsp3) is 0.133. The van der Waals surface area contributed by atoms with E-state index in [0.29, 0.717) is 16.9 Å². The van der Waals surface area contributed by atoms with E-state index in [2.05, 4.69) is 5.32 Å². The van der Waals surface area contributed by atoms with Gasteiger partial charge < -0.3 is 11.1 Å². The van der Waals surface area contributed by atoms with Crippen molar-refractivity contribution < 1.29 is 9.72 Å². The Kier molecular flexibility index (Phi) is 4.18. The first kappa shape index (κ1) is 14.5. The van der Waals surface area contributed by atoms with Gasteiger partial charge in [-0.25, -0.2) is 0 Å². The summed E-state index contributed by atoms with van der Waals surface area (Å²) in [6.07, 6.45) is 0.159. The Balaban J connectivity index is 2.09. The molecule has 6 nitrogen and oxygen atoms in total. The van der Waals surface area contributed by atoms with E-state index < -0.39 is 4.92 Å². The van der Waals surface area contributed by atoms with Crippen LogP contribution in [0.3, 0.4) is 0 Å². The highest BCUT2D eigenvalue weighted by molar-refractivity contribution is 5.92. The van der Waals surface area contributed by atoms with Gasteiger partial charge >= 0.3 is 0 Å². The van der Waals surface area contributed by atoms with E-state index in [1.807, 2.05) is 0 Å². The Bertz CT molecular complexity index is 698. The number of nitro groups is 1. The zero-order chi connectivity index (χ0) is 15.4. The number of benzene rings is 2. The first-order valence-electron chi connectivity index (χ1n) is 6.35. The van der Waals surface area contributed by atoms with Crippen molar-refractivity contribution in [2.24, 2.45) is 0 Å².